The van der Waals surface area contributed by atoms with Gasteiger partial charge in [-0.05, 0) is 42.0 Å². The molecule has 0 aliphatic heterocycles. The van der Waals surface area contributed by atoms with Crippen molar-refractivity contribution in [3.63, 3.8) is 0 Å². The molecule has 0 spiro atoms. The van der Waals surface area contributed by atoms with E-state index in [0.717, 1.165) is 5.56 Å². The summed E-state index contributed by atoms with van der Waals surface area (Å²) in [5.41, 5.74) is 1.40. The molecule has 5 heteroatoms. The molecule has 0 bridgehead atoms. The van der Waals surface area contributed by atoms with Crippen molar-refractivity contribution in [2.24, 2.45) is 0 Å². The quantitative estimate of drug-likeness (QED) is 0.608. The Bertz CT molecular complexity index is 831. The van der Waals surface area contributed by atoms with Crippen LogP contribution in [-0.2, 0) is 13.1 Å². The zero-order chi connectivity index (χ0) is 16.9. The monoisotopic (exact) mass is 359 g/mol. The van der Waals surface area contributed by atoms with E-state index in [-0.39, 0.29) is 5.91 Å². The molecule has 3 rings (SSSR count). The molecule has 3 nitrogen and oxygen atoms in total. The Kier molecular flexibility index (Phi) is 5.24. The van der Waals surface area contributed by atoms with Gasteiger partial charge in [0, 0.05) is 22.2 Å². The van der Waals surface area contributed by atoms with Crippen molar-refractivity contribution >= 4 is 29.1 Å². The number of carbonyl (C=O) groups excluding carboxylic acids is 1. The van der Waals surface area contributed by atoms with E-state index in [0.29, 0.717) is 34.5 Å². The van der Waals surface area contributed by atoms with E-state index < -0.39 is 0 Å². The molecule has 0 saturated carbocycles. The van der Waals surface area contributed by atoms with Gasteiger partial charge in [0.1, 0.15) is 5.76 Å². The van der Waals surface area contributed by atoms with Crippen LogP contribution in [0.15, 0.2) is 71.3 Å². The Hall–Kier alpha value is -2.23. The van der Waals surface area contributed by atoms with Crippen LogP contribution in [0.5, 0.6) is 0 Å². The van der Waals surface area contributed by atoms with Gasteiger partial charge in [-0.2, -0.15) is 0 Å². The lowest BCUT2D eigenvalue weighted by Crippen LogP contribution is -2.30. The first kappa shape index (κ1) is 16.6. The maximum absolute atomic E-state index is 12.9. The number of hydrogen-bond donors (Lipinski definition) is 0. The van der Waals surface area contributed by atoms with Gasteiger partial charge in [0.25, 0.3) is 5.91 Å². The minimum Gasteiger partial charge on any atom is -0.467 e. The van der Waals surface area contributed by atoms with Crippen molar-refractivity contribution in [3.05, 3.63) is 93.9 Å². The molecule has 0 aliphatic rings. The van der Waals surface area contributed by atoms with Gasteiger partial charge in [0.2, 0.25) is 0 Å². The first-order valence-corrected chi connectivity index (χ1v) is 8.20. The van der Waals surface area contributed by atoms with Crippen molar-refractivity contribution in [3.8, 4) is 0 Å². The second-order valence-corrected chi connectivity index (χ2v) is 6.19. The van der Waals surface area contributed by atoms with E-state index >= 15 is 0 Å². The molecule has 0 unspecified atom stereocenters. The molecule has 122 valence electrons. The second-order valence-electron chi connectivity index (χ2n) is 5.34. The number of benzene rings is 2. The molecule has 0 saturated heterocycles. The van der Waals surface area contributed by atoms with Crippen molar-refractivity contribution in [2.75, 3.05) is 0 Å². The van der Waals surface area contributed by atoms with Crippen LogP contribution in [-0.4, -0.2) is 10.8 Å². The van der Waals surface area contributed by atoms with E-state index in [1.54, 1.807) is 41.5 Å². The predicted molar refractivity (Wildman–Crippen MR) is 95.2 cm³/mol. The molecule has 0 aliphatic carbocycles. The lowest BCUT2D eigenvalue weighted by molar-refractivity contribution is 0.0718. The molecule has 0 fully saturated rings. The minimum absolute atomic E-state index is 0.131. The van der Waals surface area contributed by atoms with Crippen molar-refractivity contribution in [1.29, 1.82) is 0 Å². The van der Waals surface area contributed by atoms with Crippen LogP contribution in [0.3, 0.4) is 0 Å². The van der Waals surface area contributed by atoms with Crippen LogP contribution in [0, 0.1) is 0 Å². The summed E-state index contributed by atoms with van der Waals surface area (Å²) in [5.74, 6) is 0.575. The Labute approximate surface area is 150 Å². The lowest BCUT2D eigenvalue weighted by Gasteiger charge is -2.22. The summed E-state index contributed by atoms with van der Waals surface area (Å²) in [6.07, 6.45) is 1.59. The number of amides is 1. The van der Waals surface area contributed by atoms with Gasteiger partial charge >= 0.3 is 0 Å². The molecule has 1 heterocycles. The van der Waals surface area contributed by atoms with Gasteiger partial charge in [0.15, 0.2) is 0 Å². The largest absolute Gasteiger partial charge is 0.467 e. The van der Waals surface area contributed by atoms with Crippen LogP contribution in [0.25, 0.3) is 0 Å². The fraction of sp³-hybridized carbons (Fsp3) is 0.105. The van der Waals surface area contributed by atoms with E-state index in [9.17, 15) is 4.79 Å². The summed E-state index contributed by atoms with van der Waals surface area (Å²) in [5, 5.41) is 1.15. The van der Waals surface area contributed by atoms with Crippen LogP contribution in [0.1, 0.15) is 21.7 Å². The first-order valence-electron chi connectivity index (χ1n) is 7.44. The Morgan fingerprint density at radius 1 is 0.958 bits per heavy atom. The maximum Gasteiger partial charge on any atom is 0.254 e. The first-order chi connectivity index (χ1) is 11.6. The highest BCUT2D eigenvalue weighted by Gasteiger charge is 2.19. The van der Waals surface area contributed by atoms with Crippen molar-refractivity contribution in [2.45, 2.75) is 13.1 Å². The second kappa shape index (κ2) is 7.56. The fourth-order valence-corrected chi connectivity index (χ4v) is 2.81. The molecule has 3 aromatic rings. The molecule has 24 heavy (non-hydrogen) atoms. The van der Waals surface area contributed by atoms with E-state index in [1.165, 1.54) is 0 Å². The average molecular weight is 360 g/mol. The summed E-state index contributed by atoms with van der Waals surface area (Å²) in [4.78, 5) is 14.6. The van der Waals surface area contributed by atoms with Gasteiger partial charge in [-0.25, -0.2) is 0 Å². The summed E-state index contributed by atoms with van der Waals surface area (Å²) in [6.45, 7) is 0.731. The van der Waals surface area contributed by atoms with Crippen LogP contribution in [0.2, 0.25) is 10.0 Å². The molecule has 0 atom stereocenters. The SMILES string of the molecule is O=C(c1cccc(Cl)c1)N(Cc1ccco1)Cc1ccccc1Cl. The molecule has 0 radical (unpaired) electrons. The third-order valence-electron chi connectivity index (χ3n) is 3.60. The maximum atomic E-state index is 12.9. The Balaban J connectivity index is 1.89. The van der Waals surface area contributed by atoms with E-state index in [2.05, 4.69) is 0 Å². The topological polar surface area (TPSA) is 33.5 Å². The highest BCUT2D eigenvalue weighted by Crippen LogP contribution is 2.21. The molecule has 2 aromatic carbocycles. The summed E-state index contributed by atoms with van der Waals surface area (Å²) in [7, 11) is 0. The molecule has 0 N–H and O–H groups in total. The summed E-state index contributed by atoms with van der Waals surface area (Å²) < 4.78 is 5.39. The molecular weight excluding hydrogens is 345 g/mol. The highest BCUT2D eigenvalue weighted by atomic mass is 35.5. The minimum atomic E-state index is -0.131. The Morgan fingerprint density at radius 2 is 1.79 bits per heavy atom. The third kappa shape index (κ3) is 3.99. The Morgan fingerprint density at radius 3 is 2.50 bits per heavy atom. The average Bonchev–Trinajstić information content (AvgIpc) is 3.08. The van der Waals surface area contributed by atoms with E-state index in [1.807, 2.05) is 30.3 Å². The summed E-state index contributed by atoms with van der Waals surface area (Å²) >= 11 is 12.3. The fourth-order valence-electron chi connectivity index (χ4n) is 2.43. The smallest absolute Gasteiger partial charge is 0.254 e. The normalized spacial score (nSPS) is 10.6. The number of nitrogens with zero attached hydrogens (tertiary/aromatic N) is 1. The van der Waals surface area contributed by atoms with Crippen molar-refractivity contribution in [1.82, 2.24) is 4.90 Å². The van der Waals surface area contributed by atoms with Gasteiger partial charge in [0.05, 0.1) is 12.8 Å². The van der Waals surface area contributed by atoms with Gasteiger partial charge in [-0.15, -0.1) is 0 Å². The lowest BCUT2D eigenvalue weighted by atomic mass is 10.1. The van der Waals surface area contributed by atoms with Gasteiger partial charge in [-0.1, -0.05) is 47.5 Å². The number of halogens is 2. The summed E-state index contributed by atoms with van der Waals surface area (Å²) in [6, 6.07) is 18.0. The van der Waals surface area contributed by atoms with Gasteiger partial charge < -0.3 is 9.32 Å². The van der Waals surface area contributed by atoms with Crippen LogP contribution in [0.4, 0.5) is 0 Å². The molecule has 1 amide bonds. The highest BCUT2D eigenvalue weighted by molar-refractivity contribution is 6.31. The third-order valence-corrected chi connectivity index (χ3v) is 4.21. The zero-order valence-corrected chi connectivity index (χ0v) is 14.3. The molecule has 1 aromatic heterocycles. The van der Waals surface area contributed by atoms with Gasteiger partial charge in [-0.3, -0.25) is 4.79 Å². The van der Waals surface area contributed by atoms with Crippen LogP contribution >= 0.6 is 23.2 Å². The predicted octanol–water partition coefficient (Wildman–Crippen LogP) is 5.43. The van der Waals surface area contributed by atoms with Crippen LogP contribution < -0.4 is 0 Å². The number of furan rings is 1. The molecular formula is C19H15Cl2NO2. The number of rotatable bonds is 5. The number of hydrogen-bond acceptors (Lipinski definition) is 2. The number of carbonyl (C=O) groups is 1. The van der Waals surface area contributed by atoms with E-state index in [4.69, 9.17) is 27.6 Å². The zero-order valence-electron chi connectivity index (χ0n) is 12.8. The van der Waals surface area contributed by atoms with Crippen molar-refractivity contribution < 1.29 is 9.21 Å². The standard InChI is InChI=1S/C19H15Cl2NO2/c20-16-7-3-6-14(11-16)19(23)22(13-17-8-4-10-24-17)12-15-5-1-2-9-18(15)21/h1-11H,12-13H2.